The maximum absolute atomic E-state index is 14.1. The number of nitrogens with zero attached hydrogens (tertiary/aromatic N) is 2. The van der Waals surface area contributed by atoms with Gasteiger partial charge in [0.15, 0.2) is 5.75 Å². The maximum atomic E-state index is 14.1. The summed E-state index contributed by atoms with van der Waals surface area (Å²) in [5, 5.41) is 0.859. The molecule has 0 aromatic heterocycles. The van der Waals surface area contributed by atoms with E-state index in [0.29, 0.717) is 37.0 Å². The first-order valence-corrected chi connectivity index (χ1v) is 26.1. The van der Waals surface area contributed by atoms with E-state index in [-0.39, 0.29) is 13.1 Å². The van der Waals surface area contributed by atoms with Gasteiger partial charge in [-0.1, -0.05) is 60.7 Å². The molecule has 0 aliphatic carbocycles. The Morgan fingerprint density at radius 3 is 1.49 bits per heavy atom. The van der Waals surface area contributed by atoms with Crippen molar-refractivity contribution in [3.8, 4) is 17.2 Å². The van der Waals surface area contributed by atoms with Crippen molar-refractivity contribution in [3.63, 3.8) is 0 Å². The molecule has 0 N–H and O–H groups in total. The number of carbonyl (C=O) groups excluding carboxylic acids is 2. The molecule has 0 spiro atoms. The van der Waals surface area contributed by atoms with Crippen molar-refractivity contribution in [1.82, 2.24) is 9.80 Å². The molecule has 0 atom stereocenters. The molecule has 63 heavy (non-hydrogen) atoms. The predicted octanol–water partition coefficient (Wildman–Crippen LogP) is 11.9. The Kier molecular flexibility index (Phi) is 16.5. The summed E-state index contributed by atoms with van der Waals surface area (Å²) in [5.74, 6) is 1.32. The van der Waals surface area contributed by atoms with Gasteiger partial charge in [0.25, 0.3) is 0 Å². The van der Waals surface area contributed by atoms with Crippen LogP contribution >= 0.6 is 20.8 Å². The Morgan fingerprint density at radius 1 is 0.540 bits per heavy atom. The molecule has 10 heteroatoms. The fourth-order valence-electron chi connectivity index (χ4n) is 7.53. The Morgan fingerprint density at radius 2 is 1.00 bits per heavy atom. The number of amides is 2. The van der Waals surface area contributed by atoms with E-state index in [4.69, 9.17) is 18.9 Å². The Bertz CT molecular complexity index is 2230. The first-order chi connectivity index (χ1) is 30.4. The van der Waals surface area contributed by atoms with Crippen LogP contribution in [-0.2, 0) is 18.0 Å². The van der Waals surface area contributed by atoms with Crippen LogP contribution in [0.25, 0.3) is 0 Å². The summed E-state index contributed by atoms with van der Waals surface area (Å²) in [5.41, 5.74) is 1.37. The molecule has 0 bridgehead atoms. The predicted molar refractivity (Wildman–Crippen MR) is 262 cm³/mol. The van der Waals surface area contributed by atoms with Crippen LogP contribution < -0.4 is 30.1 Å². The van der Waals surface area contributed by atoms with Crippen LogP contribution in [0.4, 0.5) is 9.59 Å². The van der Waals surface area contributed by atoms with Gasteiger partial charge < -0.3 is 9.47 Å². The van der Waals surface area contributed by atoms with Crippen molar-refractivity contribution >= 4 is 48.9 Å². The number of halogens is 1. The Balaban J connectivity index is 1.16. The quantitative estimate of drug-likeness (QED) is 0.0561. The molecule has 0 unspecified atom stereocenters. The number of benzene rings is 6. The molecule has 8 nitrogen and oxygen atoms in total. The molecule has 2 amide bonds. The van der Waals surface area contributed by atoms with Crippen LogP contribution in [0, 0.1) is 0 Å². The summed E-state index contributed by atoms with van der Waals surface area (Å²) < 4.78 is 24.1. The SMILES string of the molecule is CN(CCN(CCCCCCP(Br)(c1ccccc1)(c1ccccc1)c1ccccc1)C(=O)Oc1ccc(OCc2ccccc2)c(OCc2ccccc2)c1)C(=O)OC(C)(C)C. The molecule has 0 saturated heterocycles. The van der Waals surface area contributed by atoms with Gasteiger partial charge in [0, 0.05) is 0 Å². The number of ether oxygens (including phenoxy) is 4. The second-order valence-electron chi connectivity index (χ2n) is 16.7. The molecule has 0 saturated carbocycles. The molecule has 0 radical (unpaired) electrons. The first-order valence-electron chi connectivity index (χ1n) is 21.7. The standard InChI is InChI=1S/C53H60BrN2O6P/c1-53(2,3)62-51(57)55(4)37-38-56(52(58)61-45-34-35-49(59-41-43-24-12-7-13-25-43)50(40-45)60-42-44-26-14-8-15-27-44)36-22-5-6-23-39-63(54,46-28-16-9-17-29-46,47-30-18-10-19-31-47)48-32-20-11-21-33-48/h7-21,24-35,40H,5-6,22-23,36-39,41-42H2,1-4H3. The van der Waals surface area contributed by atoms with Crippen LogP contribution in [0.5, 0.6) is 17.2 Å². The van der Waals surface area contributed by atoms with E-state index in [9.17, 15) is 9.59 Å². The van der Waals surface area contributed by atoms with Gasteiger partial charge >= 0.3 is 257 Å². The van der Waals surface area contributed by atoms with Crippen LogP contribution in [0.3, 0.4) is 0 Å². The second kappa shape index (κ2) is 22.1. The van der Waals surface area contributed by atoms with E-state index in [2.05, 4.69) is 106 Å². The molecule has 0 heterocycles. The normalized spacial score (nSPS) is 12.0. The Hall–Kier alpha value is -5.63. The third kappa shape index (κ3) is 12.7. The van der Waals surface area contributed by atoms with E-state index in [0.717, 1.165) is 43.0 Å². The average Bonchev–Trinajstić information content (AvgIpc) is 3.30. The molecule has 6 aromatic carbocycles. The topological polar surface area (TPSA) is 77.5 Å². The third-order valence-electron chi connectivity index (χ3n) is 10.9. The van der Waals surface area contributed by atoms with Gasteiger partial charge in [0.1, 0.15) is 18.8 Å². The molecule has 6 aromatic rings. The van der Waals surface area contributed by atoms with Crippen molar-refractivity contribution in [2.75, 3.05) is 32.8 Å². The zero-order valence-electron chi connectivity index (χ0n) is 36.9. The van der Waals surface area contributed by atoms with Gasteiger partial charge in [0.2, 0.25) is 0 Å². The number of carbonyl (C=O) groups is 2. The zero-order valence-corrected chi connectivity index (χ0v) is 39.4. The van der Waals surface area contributed by atoms with Crippen LogP contribution in [-0.4, -0.2) is 60.4 Å². The summed E-state index contributed by atoms with van der Waals surface area (Å²) in [6.45, 7) is 7.15. The monoisotopic (exact) mass is 930 g/mol. The molecule has 0 fully saturated rings. The minimum absolute atomic E-state index is 0.262. The summed E-state index contributed by atoms with van der Waals surface area (Å²) in [7, 11) is 1.68. The summed E-state index contributed by atoms with van der Waals surface area (Å²) in [6.07, 6.45) is 3.56. The van der Waals surface area contributed by atoms with Gasteiger partial charge in [0.05, 0.1) is 0 Å². The number of likely N-dealkylation sites (N-methyl/N-ethyl adjacent to an activating group) is 1. The van der Waals surface area contributed by atoms with Gasteiger partial charge in [-0.25, -0.2) is 0 Å². The summed E-state index contributed by atoms with van der Waals surface area (Å²) in [4.78, 5) is 30.1. The molecule has 330 valence electrons. The van der Waals surface area contributed by atoms with Crippen molar-refractivity contribution in [1.29, 1.82) is 0 Å². The smallest absolute Gasteiger partial charge is 0.0253 e. The van der Waals surface area contributed by atoms with Crippen molar-refractivity contribution in [2.24, 2.45) is 0 Å². The van der Waals surface area contributed by atoms with E-state index >= 15 is 0 Å². The molecule has 0 aliphatic rings. The fourth-order valence-corrected chi connectivity index (χ4v) is 15.3. The minimum Gasteiger partial charge on any atom is -0.0253 e. The molecule has 6 rings (SSSR count). The first kappa shape index (κ1) is 46.9. The number of rotatable bonds is 20. The van der Waals surface area contributed by atoms with E-state index in [1.54, 1.807) is 30.1 Å². The van der Waals surface area contributed by atoms with Gasteiger partial charge in [-0.2, -0.15) is 0 Å². The van der Waals surface area contributed by atoms with Crippen LogP contribution in [0.15, 0.2) is 170 Å². The molecular weight excluding hydrogens is 871 g/mol. The average molecular weight is 932 g/mol. The number of unbranched alkanes of at least 4 members (excludes halogenated alkanes) is 3. The molecular formula is C53H60BrN2O6P. The van der Waals surface area contributed by atoms with E-state index in [1.165, 1.54) is 20.8 Å². The van der Waals surface area contributed by atoms with Crippen molar-refractivity contribution < 1.29 is 28.5 Å². The number of hydrogen-bond donors (Lipinski definition) is 0. The van der Waals surface area contributed by atoms with Crippen LogP contribution in [0.2, 0.25) is 0 Å². The van der Waals surface area contributed by atoms with E-state index in [1.807, 2.05) is 81.4 Å². The zero-order chi connectivity index (χ0) is 44.6. The number of hydrogen-bond acceptors (Lipinski definition) is 6. The summed E-state index contributed by atoms with van der Waals surface area (Å²) in [6, 6.07) is 57.5. The van der Waals surface area contributed by atoms with Crippen LogP contribution in [0.1, 0.15) is 57.6 Å². The van der Waals surface area contributed by atoms with Gasteiger partial charge in [-0.05, 0) is 31.9 Å². The van der Waals surface area contributed by atoms with Gasteiger partial charge in [-0.3, -0.25) is 0 Å². The van der Waals surface area contributed by atoms with E-state index < -0.39 is 23.1 Å². The van der Waals surface area contributed by atoms with Gasteiger partial charge in [-0.15, -0.1) is 0 Å². The minimum atomic E-state index is -3.04. The van der Waals surface area contributed by atoms with Crippen molar-refractivity contribution in [2.45, 2.75) is 65.3 Å². The fraction of sp³-hybridized carbons (Fsp3) is 0.283. The summed E-state index contributed by atoms with van der Waals surface area (Å²) >= 11 is 4.58. The Labute approximate surface area is 381 Å². The third-order valence-corrected chi connectivity index (χ3v) is 20.9. The second-order valence-corrected chi connectivity index (χ2v) is 25.8. The molecule has 0 aliphatic heterocycles. The van der Waals surface area contributed by atoms with Crippen molar-refractivity contribution in [3.05, 3.63) is 181 Å².